The lowest BCUT2D eigenvalue weighted by Gasteiger charge is -2.12. The number of hydrogen-bond donors (Lipinski definition) is 0. The Morgan fingerprint density at radius 1 is 1.21 bits per heavy atom. The lowest BCUT2D eigenvalue weighted by Crippen LogP contribution is -2.03. The van der Waals surface area contributed by atoms with E-state index in [0.717, 1.165) is 5.56 Å². The molecule has 3 nitrogen and oxygen atoms in total. The van der Waals surface area contributed by atoms with Crippen molar-refractivity contribution in [3.8, 4) is 11.6 Å². The number of methoxy groups -OCH3 is 1. The molecule has 5 heteroatoms. The summed E-state index contributed by atoms with van der Waals surface area (Å²) in [5.41, 5.74) is 1.36. The fourth-order valence-electron chi connectivity index (χ4n) is 1.69. The van der Waals surface area contributed by atoms with Gasteiger partial charge in [0.05, 0.1) is 18.6 Å². The van der Waals surface area contributed by atoms with Gasteiger partial charge < -0.3 is 9.47 Å². The fraction of sp³-hybridized carbons (Fsp3) is 0.214. The normalized spacial score (nSPS) is 10.3. The number of halogens is 2. The third-order valence-electron chi connectivity index (χ3n) is 2.61. The average molecular weight is 282 g/mol. The summed E-state index contributed by atoms with van der Waals surface area (Å²) in [6, 6.07) is 8.25. The predicted octanol–water partition coefficient (Wildman–Crippen LogP) is 3.55. The smallest absolute Gasteiger partial charge is 0.219 e. The number of benzene rings is 1. The lowest BCUT2D eigenvalue weighted by atomic mass is 10.2. The molecule has 1 heterocycles. The number of pyridine rings is 1. The lowest BCUT2D eigenvalue weighted by molar-refractivity contribution is 0.278. The van der Waals surface area contributed by atoms with Gasteiger partial charge in [0, 0.05) is 11.8 Å². The standard InChI is InChI=1S/C14H13ClFNO2/c1-18-14-11(5-3-7-17-14)9-19-13-10(8-15)4-2-6-12(13)16/h2-7H,8-9H2,1H3. The van der Waals surface area contributed by atoms with Gasteiger partial charge in [0.15, 0.2) is 11.6 Å². The highest BCUT2D eigenvalue weighted by atomic mass is 35.5. The molecule has 2 aromatic rings. The van der Waals surface area contributed by atoms with Gasteiger partial charge in [-0.25, -0.2) is 9.37 Å². The molecule has 1 aromatic carbocycles. The summed E-state index contributed by atoms with van der Waals surface area (Å²) in [7, 11) is 1.53. The van der Waals surface area contributed by atoms with Gasteiger partial charge in [-0.05, 0) is 18.2 Å². The number of rotatable bonds is 5. The summed E-state index contributed by atoms with van der Waals surface area (Å²) in [6.45, 7) is 0.168. The van der Waals surface area contributed by atoms with Crippen LogP contribution >= 0.6 is 11.6 Å². The molecule has 0 amide bonds. The Balaban J connectivity index is 2.19. The zero-order valence-electron chi connectivity index (χ0n) is 10.4. The van der Waals surface area contributed by atoms with Crippen LogP contribution in [0.15, 0.2) is 36.5 Å². The number of hydrogen-bond acceptors (Lipinski definition) is 3. The molecule has 1 aromatic heterocycles. The number of alkyl halides is 1. The Kier molecular flexibility index (Phi) is 4.58. The first kappa shape index (κ1) is 13.6. The maximum absolute atomic E-state index is 13.7. The minimum absolute atomic E-state index is 0.168. The summed E-state index contributed by atoms with van der Waals surface area (Å²) >= 11 is 5.76. The third kappa shape index (κ3) is 3.15. The summed E-state index contributed by atoms with van der Waals surface area (Å²) in [5.74, 6) is 0.396. The molecule has 0 saturated carbocycles. The molecule has 0 bridgehead atoms. The fourth-order valence-corrected chi connectivity index (χ4v) is 1.90. The largest absolute Gasteiger partial charge is 0.485 e. The van der Waals surface area contributed by atoms with Gasteiger partial charge in [-0.1, -0.05) is 12.1 Å². The van der Waals surface area contributed by atoms with Crippen molar-refractivity contribution < 1.29 is 13.9 Å². The molecule has 0 aliphatic heterocycles. The molecule has 0 N–H and O–H groups in total. The first-order valence-corrected chi connectivity index (χ1v) is 6.23. The van der Waals surface area contributed by atoms with E-state index in [4.69, 9.17) is 21.1 Å². The van der Waals surface area contributed by atoms with E-state index in [0.29, 0.717) is 11.4 Å². The van der Waals surface area contributed by atoms with Crippen LogP contribution in [0.2, 0.25) is 0 Å². The molecular formula is C14H13ClFNO2. The molecule has 2 rings (SSSR count). The van der Waals surface area contributed by atoms with Crippen LogP contribution < -0.4 is 9.47 Å². The van der Waals surface area contributed by atoms with E-state index in [-0.39, 0.29) is 18.2 Å². The van der Waals surface area contributed by atoms with Crippen LogP contribution in [-0.2, 0) is 12.5 Å². The molecule has 0 saturated heterocycles. The molecular weight excluding hydrogens is 269 g/mol. The van der Waals surface area contributed by atoms with Gasteiger partial charge in [-0.2, -0.15) is 0 Å². The molecule has 0 aliphatic carbocycles. The second-order valence-corrected chi connectivity index (χ2v) is 4.09. The van der Waals surface area contributed by atoms with Crippen molar-refractivity contribution in [2.24, 2.45) is 0 Å². The third-order valence-corrected chi connectivity index (χ3v) is 2.90. The molecule has 19 heavy (non-hydrogen) atoms. The Bertz CT molecular complexity index is 563. The van der Waals surface area contributed by atoms with E-state index in [2.05, 4.69) is 4.98 Å². The molecule has 0 fully saturated rings. The van der Waals surface area contributed by atoms with Gasteiger partial charge in [0.25, 0.3) is 0 Å². The first-order valence-electron chi connectivity index (χ1n) is 5.70. The van der Waals surface area contributed by atoms with Gasteiger partial charge in [-0.3, -0.25) is 0 Å². The molecule has 0 spiro atoms. The van der Waals surface area contributed by atoms with Crippen molar-refractivity contribution in [1.82, 2.24) is 4.98 Å². The minimum Gasteiger partial charge on any atom is -0.485 e. The molecule has 0 atom stereocenters. The van der Waals surface area contributed by atoms with Crippen LogP contribution in [0, 0.1) is 5.82 Å². The first-order chi connectivity index (χ1) is 9.26. The molecule has 0 aliphatic rings. The van der Waals surface area contributed by atoms with Gasteiger partial charge >= 0.3 is 0 Å². The summed E-state index contributed by atoms with van der Waals surface area (Å²) in [6.07, 6.45) is 1.62. The van der Waals surface area contributed by atoms with E-state index >= 15 is 0 Å². The monoisotopic (exact) mass is 281 g/mol. The van der Waals surface area contributed by atoms with E-state index in [1.165, 1.54) is 13.2 Å². The molecule has 0 radical (unpaired) electrons. The van der Waals surface area contributed by atoms with Crippen LogP contribution in [0.5, 0.6) is 11.6 Å². The van der Waals surface area contributed by atoms with Crippen molar-refractivity contribution >= 4 is 11.6 Å². The molecule has 100 valence electrons. The van der Waals surface area contributed by atoms with Crippen LogP contribution in [0.3, 0.4) is 0 Å². The van der Waals surface area contributed by atoms with Crippen LogP contribution in [0.1, 0.15) is 11.1 Å². The van der Waals surface area contributed by atoms with E-state index in [1.807, 2.05) is 6.07 Å². The van der Waals surface area contributed by atoms with Crippen molar-refractivity contribution in [1.29, 1.82) is 0 Å². The average Bonchev–Trinajstić information content (AvgIpc) is 2.46. The topological polar surface area (TPSA) is 31.4 Å². The quantitative estimate of drug-likeness (QED) is 0.786. The zero-order valence-corrected chi connectivity index (χ0v) is 11.2. The van der Waals surface area contributed by atoms with Crippen molar-refractivity contribution in [3.63, 3.8) is 0 Å². The highest BCUT2D eigenvalue weighted by Gasteiger charge is 2.11. The van der Waals surface area contributed by atoms with Crippen molar-refractivity contribution in [2.75, 3.05) is 7.11 Å². The highest BCUT2D eigenvalue weighted by molar-refractivity contribution is 6.17. The summed E-state index contributed by atoms with van der Waals surface area (Å²) in [4.78, 5) is 4.05. The van der Waals surface area contributed by atoms with Gasteiger partial charge in [-0.15, -0.1) is 11.6 Å². The number of ether oxygens (including phenoxy) is 2. The van der Waals surface area contributed by atoms with Crippen LogP contribution in [0.4, 0.5) is 4.39 Å². The summed E-state index contributed by atoms with van der Waals surface area (Å²) < 4.78 is 24.3. The second-order valence-electron chi connectivity index (χ2n) is 3.82. The van der Waals surface area contributed by atoms with Crippen LogP contribution in [-0.4, -0.2) is 12.1 Å². The minimum atomic E-state index is -0.430. The maximum atomic E-state index is 13.7. The van der Waals surface area contributed by atoms with E-state index in [1.54, 1.807) is 24.4 Å². The van der Waals surface area contributed by atoms with Crippen molar-refractivity contribution in [2.45, 2.75) is 12.5 Å². The Morgan fingerprint density at radius 3 is 2.74 bits per heavy atom. The van der Waals surface area contributed by atoms with Gasteiger partial charge in [0.2, 0.25) is 5.88 Å². The number of aromatic nitrogens is 1. The van der Waals surface area contributed by atoms with Crippen LogP contribution in [0.25, 0.3) is 0 Å². The second kappa shape index (κ2) is 6.38. The predicted molar refractivity (Wildman–Crippen MR) is 71.1 cm³/mol. The van der Waals surface area contributed by atoms with Gasteiger partial charge in [0.1, 0.15) is 6.61 Å². The van der Waals surface area contributed by atoms with E-state index in [9.17, 15) is 4.39 Å². The highest BCUT2D eigenvalue weighted by Crippen LogP contribution is 2.26. The number of nitrogens with zero attached hydrogens (tertiary/aromatic N) is 1. The summed E-state index contributed by atoms with van der Waals surface area (Å²) in [5, 5.41) is 0. The van der Waals surface area contributed by atoms with E-state index < -0.39 is 5.82 Å². The van der Waals surface area contributed by atoms with Crippen molar-refractivity contribution in [3.05, 3.63) is 53.5 Å². The SMILES string of the molecule is COc1ncccc1COc1c(F)cccc1CCl. The molecule has 0 unspecified atom stereocenters. The number of para-hydroxylation sites is 1. The Hall–Kier alpha value is -1.81. The Labute approximate surface area is 115 Å². The zero-order chi connectivity index (χ0) is 13.7. The maximum Gasteiger partial charge on any atom is 0.219 e. The Morgan fingerprint density at radius 2 is 2.00 bits per heavy atom.